The van der Waals surface area contributed by atoms with E-state index < -0.39 is 0 Å². The summed E-state index contributed by atoms with van der Waals surface area (Å²) in [5.41, 5.74) is 0. The lowest BCUT2D eigenvalue weighted by atomic mass is 10.1. The SMILES string of the molecule is CCCCCCCCC1N(CCC)C=CN1CCCCC. The summed E-state index contributed by atoms with van der Waals surface area (Å²) in [6.45, 7) is 9.32. The van der Waals surface area contributed by atoms with Gasteiger partial charge in [0, 0.05) is 25.5 Å². The van der Waals surface area contributed by atoms with Crippen LogP contribution in [0, 0.1) is 0 Å². The number of nitrogens with zero attached hydrogens (tertiary/aromatic N) is 2. The van der Waals surface area contributed by atoms with Gasteiger partial charge in [-0.3, -0.25) is 0 Å². The van der Waals surface area contributed by atoms with Gasteiger partial charge in [-0.2, -0.15) is 0 Å². The van der Waals surface area contributed by atoms with Gasteiger partial charge in [0.15, 0.2) is 0 Å². The van der Waals surface area contributed by atoms with Crippen LogP contribution in [0.1, 0.15) is 91.4 Å². The van der Waals surface area contributed by atoms with E-state index in [0.717, 1.165) is 0 Å². The first-order valence-corrected chi connectivity index (χ1v) is 9.53. The van der Waals surface area contributed by atoms with Crippen molar-refractivity contribution in [1.82, 2.24) is 9.80 Å². The molecule has 124 valence electrons. The van der Waals surface area contributed by atoms with Crippen LogP contribution in [0.15, 0.2) is 12.4 Å². The van der Waals surface area contributed by atoms with Gasteiger partial charge in [-0.15, -0.1) is 0 Å². The molecule has 1 atom stereocenters. The maximum Gasteiger partial charge on any atom is 0.101 e. The minimum absolute atomic E-state index is 0.646. The van der Waals surface area contributed by atoms with Crippen molar-refractivity contribution in [2.75, 3.05) is 13.1 Å². The Morgan fingerprint density at radius 1 is 0.619 bits per heavy atom. The number of rotatable bonds is 13. The van der Waals surface area contributed by atoms with Gasteiger partial charge in [0.2, 0.25) is 0 Å². The minimum atomic E-state index is 0.646. The summed E-state index contributed by atoms with van der Waals surface area (Å²) in [4.78, 5) is 5.16. The van der Waals surface area contributed by atoms with Crippen molar-refractivity contribution in [3.8, 4) is 0 Å². The quantitative estimate of drug-likeness (QED) is 0.399. The Bertz CT molecular complexity index is 262. The van der Waals surface area contributed by atoms with Gasteiger partial charge in [-0.05, 0) is 25.7 Å². The monoisotopic (exact) mass is 294 g/mol. The molecule has 0 spiro atoms. The van der Waals surface area contributed by atoms with Crippen LogP contribution in [-0.2, 0) is 0 Å². The summed E-state index contributed by atoms with van der Waals surface area (Å²) in [7, 11) is 0. The number of unbranched alkanes of at least 4 members (excludes halogenated alkanes) is 7. The Labute approximate surface area is 133 Å². The Morgan fingerprint density at radius 2 is 1.19 bits per heavy atom. The van der Waals surface area contributed by atoms with Gasteiger partial charge in [-0.1, -0.05) is 65.7 Å². The summed E-state index contributed by atoms with van der Waals surface area (Å²) in [6.07, 6.45) is 20.4. The first-order chi connectivity index (χ1) is 10.3. The average Bonchev–Trinajstić information content (AvgIpc) is 2.86. The Balaban J connectivity index is 2.28. The lowest BCUT2D eigenvalue weighted by molar-refractivity contribution is 0.137. The second kappa shape index (κ2) is 11.9. The summed E-state index contributed by atoms with van der Waals surface area (Å²) in [6, 6.07) is 0. The smallest absolute Gasteiger partial charge is 0.101 e. The molecule has 0 bridgehead atoms. The molecule has 0 radical (unpaired) electrons. The van der Waals surface area contributed by atoms with Crippen molar-refractivity contribution in [1.29, 1.82) is 0 Å². The molecule has 0 aliphatic carbocycles. The second-order valence-electron chi connectivity index (χ2n) is 6.52. The third kappa shape index (κ3) is 7.24. The molecule has 1 heterocycles. The zero-order valence-corrected chi connectivity index (χ0v) is 14.8. The molecular formula is C19H38N2. The lowest BCUT2D eigenvalue weighted by Crippen LogP contribution is -2.39. The minimum Gasteiger partial charge on any atom is -0.356 e. The van der Waals surface area contributed by atoms with E-state index in [0.29, 0.717) is 6.17 Å². The van der Waals surface area contributed by atoms with Crippen LogP contribution in [0.5, 0.6) is 0 Å². The maximum atomic E-state index is 2.59. The van der Waals surface area contributed by atoms with Gasteiger partial charge in [0.1, 0.15) is 6.17 Å². The highest BCUT2D eigenvalue weighted by Crippen LogP contribution is 2.22. The molecule has 0 fully saturated rings. The van der Waals surface area contributed by atoms with Gasteiger partial charge in [-0.25, -0.2) is 0 Å². The topological polar surface area (TPSA) is 6.48 Å². The standard InChI is InChI=1S/C19H38N2/c1-4-7-9-10-11-12-14-19-20(15-6-3)17-18-21(19)16-13-8-5-2/h17-19H,4-16H2,1-3H3. The molecule has 1 aliphatic heterocycles. The summed E-state index contributed by atoms with van der Waals surface area (Å²) >= 11 is 0. The Kier molecular flexibility index (Phi) is 10.5. The van der Waals surface area contributed by atoms with Gasteiger partial charge >= 0.3 is 0 Å². The number of hydrogen-bond acceptors (Lipinski definition) is 2. The third-order valence-electron chi connectivity index (χ3n) is 4.53. The summed E-state index contributed by atoms with van der Waals surface area (Å²) in [5.74, 6) is 0. The van der Waals surface area contributed by atoms with Crippen molar-refractivity contribution in [2.24, 2.45) is 0 Å². The van der Waals surface area contributed by atoms with E-state index >= 15 is 0 Å². The fourth-order valence-electron chi connectivity index (χ4n) is 3.25. The Hall–Kier alpha value is -0.660. The first-order valence-electron chi connectivity index (χ1n) is 9.53. The van der Waals surface area contributed by atoms with Crippen LogP contribution in [0.25, 0.3) is 0 Å². The molecule has 0 aromatic rings. The zero-order chi connectivity index (χ0) is 15.3. The maximum absolute atomic E-state index is 2.59. The van der Waals surface area contributed by atoms with Crippen LogP contribution < -0.4 is 0 Å². The normalized spacial score (nSPS) is 18.0. The van der Waals surface area contributed by atoms with Crippen molar-refractivity contribution in [3.05, 3.63) is 12.4 Å². The van der Waals surface area contributed by atoms with E-state index in [1.54, 1.807) is 0 Å². The fraction of sp³-hybridized carbons (Fsp3) is 0.895. The van der Waals surface area contributed by atoms with Gasteiger partial charge in [0.05, 0.1) is 0 Å². The molecule has 1 unspecified atom stereocenters. The molecule has 0 aromatic carbocycles. The van der Waals surface area contributed by atoms with Crippen LogP contribution >= 0.6 is 0 Å². The summed E-state index contributed by atoms with van der Waals surface area (Å²) in [5, 5.41) is 0. The van der Waals surface area contributed by atoms with E-state index in [9.17, 15) is 0 Å². The molecule has 0 saturated heterocycles. The van der Waals surface area contributed by atoms with Crippen LogP contribution in [-0.4, -0.2) is 29.1 Å². The fourth-order valence-corrected chi connectivity index (χ4v) is 3.25. The van der Waals surface area contributed by atoms with E-state index in [2.05, 4.69) is 43.0 Å². The summed E-state index contributed by atoms with van der Waals surface area (Å²) < 4.78 is 0. The van der Waals surface area contributed by atoms with Crippen molar-refractivity contribution in [3.63, 3.8) is 0 Å². The van der Waals surface area contributed by atoms with E-state index in [-0.39, 0.29) is 0 Å². The molecule has 1 rings (SSSR count). The highest BCUT2D eigenvalue weighted by atomic mass is 15.4. The zero-order valence-electron chi connectivity index (χ0n) is 14.8. The highest BCUT2D eigenvalue weighted by Gasteiger charge is 2.24. The van der Waals surface area contributed by atoms with Crippen LogP contribution in [0.4, 0.5) is 0 Å². The molecule has 21 heavy (non-hydrogen) atoms. The molecule has 1 aliphatic rings. The second-order valence-corrected chi connectivity index (χ2v) is 6.52. The predicted octanol–water partition coefficient (Wildman–Crippen LogP) is 5.75. The third-order valence-corrected chi connectivity index (χ3v) is 4.53. The van der Waals surface area contributed by atoms with Crippen LogP contribution in [0.2, 0.25) is 0 Å². The van der Waals surface area contributed by atoms with Crippen molar-refractivity contribution >= 4 is 0 Å². The van der Waals surface area contributed by atoms with Crippen molar-refractivity contribution < 1.29 is 0 Å². The molecule has 0 aromatic heterocycles. The molecular weight excluding hydrogens is 256 g/mol. The number of hydrogen-bond donors (Lipinski definition) is 0. The van der Waals surface area contributed by atoms with E-state index in [1.807, 2.05) is 0 Å². The average molecular weight is 295 g/mol. The predicted molar refractivity (Wildman–Crippen MR) is 94.1 cm³/mol. The Morgan fingerprint density at radius 3 is 1.86 bits per heavy atom. The van der Waals surface area contributed by atoms with Crippen molar-refractivity contribution in [2.45, 2.75) is 97.6 Å². The van der Waals surface area contributed by atoms with E-state index in [4.69, 9.17) is 0 Å². The first kappa shape index (κ1) is 18.4. The molecule has 2 heteroatoms. The molecule has 0 saturated carbocycles. The lowest BCUT2D eigenvalue weighted by Gasteiger charge is -2.33. The largest absolute Gasteiger partial charge is 0.356 e. The van der Waals surface area contributed by atoms with Gasteiger partial charge < -0.3 is 9.80 Å². The van der Waals surface area contributed by atoms with Crippen LogP contribution in [0.3, 0.4) is 0 Å². The van der Waals surface area contributed by atoms with E-state index in [1.165, 1.54) is 83.7 Å². The molecule has 2 nitrogen and oxygen atoms in total. The molecule has 0 N–H and O–H groups in total. The highest BCUT2D eigenvalue weighted by molar-refractivity contribution is 4.96. The van der Waals surface area contributed by atoms with Gasteiger partial charge in [0.25, 0.3) is 0 Å². The molecule has 0 amide bonds.